The van der Waals surface area contributed by atoms with Crippen molar-refractivity contribution in [3.8, 4) is 0 Å². The first-order valence-corrected chi connectivity index (χ1v) is 6.24. The van der Waals surface area contributed by atoms with Crippen LogP contribution in [0.15, 0.2) is 24.3 Å². The molecule has 0 aromatic heterocycles. The normalized spacial score (nSPS) is 14.0. The van der Waals surface area contributed by atoms with E-state index < -0.39 is 12.2 Å². The SMILES string of the molecule is CCCc1ccc(C(O)C(O)CNC(C)=O)cc1. The van der Waals surface area contributed by atoms with Crippen LogP contribution >= 0.6 is 0 Å². The van der Waals surface area contributed by atoms with Crippen molar-refractivity contribution >= 4 is 5.91 Å². The third kappa shape index (κ3) is 4.47. The van der Waals surface area contributed by atoms with Crippen LogP contribution in [0.4, 0.5) is 0 Å². The fourth-order valence-corrected chi connectivity index (χ4v) is 1.75. The van der Waals surface area contributed by atoms with E-state index in [1.807, 2.05) is 24.3 Å². The molecule has 3 N–H and O–H groups in total. The molecule has 4 nitrogen and oxygen atoms in total. The summed E-state index contributed by atoms with van der Waals surface area (Å²) in [7, 11) is 0. The number of benzene rings is 1. The molecule has 0 saturated carbocycles. The molecule has 0 aliphatic carbocycles. The summed E-state index contributed by atoms with van der Waals surface area (Å²) >= 11 is 0. The van der Waals surface area contributed by atoms with Gasteiger partial charge in [-0.25, -0.2) is 0 Å². The summed E-state index contributed by atoms with van der Waals surface area (Å²) < 4.78 is 0. The van der Waals surface area contributed by atoms with Crippen molar-refractivity contribution in [2.75, 3.05) is 6.54 Å². The maximum absolute atomic E-state index is 10.7. The Morgan fingerprint density at radius 3 is 2.39 bits per heavy atom. The van der Waals surface area contributed by atoms with E-state index in [1.165, 1.54) is 12.5 Å². The Balaban J connectivity index is 2.59. The predicted molar refractivity (Wildman–Crippen MR) is 70.1 cm³/mol. The van der Waals surface area contributed by atoms with E-state index in [2.05, 4.69) is 12.2 Å². The molecule has 2 unspecified atom stereocenters. The largest absolute Gasteiger partial charge is 0.388 e. The average Bonchev–Trinajstić information content (AvgIpc) is 2.36. The highest BCUT2D eigenvalue weighted by atomic mass is 16.3. The number of nitrogens with one attached hydrogen (secondary N) is 1. The monoisotopic (exact) mass is 251 g/mol. The zero-order valence-corrected chi connectivity index (χ0v) is 10.9. The molecule has 0 aliphatic rings. The number of hydrogen-bond donors (Lipinski definition) is 3. The van der Waals surface area contributed by atoms with Gasteiger partial charge in [0.1, 0.15) is 12.2 Å². The van der Waals surface area contributed by atoms with Crippen molar-refractivity contribution in [1.29, 1.82) is 0 Å². The van der Waals surface area contributed by atoms with E-state index in [9.17, 15) is 15.0 Å². The highest BCUT2D eigenvalue weighted by Crippen LogP contribution is 2.17. The van der Waals surface area contributed by atoms with E-state index in [0.717, 1.165) is 12.8 Å². The molecule has 2 atom stereocenters. The molecule has 0 saturated heterocycles. The molecule has 1 rings (SSSR count). The lowest BCUT2D eigenvalue weighted by Crippen LogP contribution is -2.34. The third-order valence-electron chi connectivity index (χ3n) is 2.78. The second-order valence-corrected chi connectivity index (χ2v) is 4.44. The lowest BCUT2D eigenvalue weighted by Gasteiger charge is -2.18. The molecule has 1 aromatic rings. The third-order valence-corrected chi connectivity index (χ3v) is 2.78. The molecular formula is C14H21NO3. The highest BCUT2D eigenvalue weighted by Gasteiger charge is 2.18. The Morgan fingerprint density at radius 2 is 1.89 bits per heavy atom. The maximum Gasteiger partial charge on any atom is 0.216 e. The van der Waals surface area contributed by atoms with Crippen LogP contribution in [0.2, 0.25) is 0 Å². The van der Waals surface area contributed by atoms with Crippen LogP contribution < -0.4 is 5.32 Å². The number of rotatable bonds is 6. The van der Waals surface area contributed by atoms with Crippen LogP contribution in [0.3, 0.4) is 0 Å². The Morgan fingerprint density at radius 1 is 1.28 bits per heavy atom. The summed E-state index contributed by atoms with van der Waals surface area (Å²) in [4.78, 5) is 10.7. The Labute approximate surface area is 108 Å². The van der Waals surface area contributed by atoms with Gasteiger partial charge in [-0.1, -0.05) is 37.6 Å². The van der Waals surface area contributed by atoms with Crippen molar-refractivity contribution in [2.45, 2.75) is 38.9 Å². The summed E-state index contributed by atoms with van der Waals surface area (Å²) in [5.74, 6) is -0.223. The van der Waals surface area contributed by atoms with Gasteiger partial charge in [-0.05, 0) is 17.5 Å². The summed E-state index contributed by atoms with van der Waals surface area (Å²) in [5, 5.41) is 22.1. The van der Waals surface area contributed by atoms with E-state index in [-0.39, 0.29) is 12.5 Å². The van der Waals surface area contributed by atoms with Gasteiger partial charge in [0.25, 0.3) is 0 Å². The van der Waals surface area contributed by atoms with Crippen LogP contribution in [0.5, 0.6) is 0 Å². The number of amides is 1. The standard InChI is InChI=1S/C14H21NO3/c1-3-4-11-5-7-12(8-6-11)14(18)13(17)9-15-10(2)16/h5-8,13-14,17-18H,3-4,9H2,1-2H3,(H,15,16). The van der Waals surface area contributed by atoms with Crippen molar-refractivity contribution in [1.82, 2.24) is 5.32 Å². The summed E-state index contributed by atoms with van der Waals surface area (Å²) in [6.45, 7) is 3.53. The van der Waals surface area contributed by atoms with Crippen molar-refractivity contribution in [3.05, 3.63) is 35.4 Å². The van der Waals surface area contributed by atoms with Crippen LogP contribution in [0.1, 0.15) is 37.5 Å². The van der Waals surface area contributed by atoms with Gasteiger partial charge in [0.05, 0.1) is 0 Å². The zero-order valence-electron chi connectivity index (χ0n) is 10.9. The highest BCUT2D eigenvalue weighted by molar-refractivity contribution is 5.72. The second kappa shape index (κ2) is 7.13. The molecule has 100 valence electrons. The minimum atomic E-state index is -0.995. The van der Waals surface area contributed by atoms with Gasteiger partial charge >= 0.3 is 0 Å². The first kappa shape index (κ1) is 14.7. The smallest absolute Gasteiger partial charge is 0.216 e. The number of carbonyl (C=O) groups excluding carboxylic acids is 1. The van der Waals surface area contributed by atoms with Crippen molar-refractivity contribution in [2.24, 2.45) is 0 Å². The molecule has 1 aromatic carbocycles. The maximum atomic E-state index is 10.7. The number of hydrogen-bond acceptors (Lipinski definition) is 3. The number of aliphatic hydroxyl groups excluding tert-OH is 2. The topological polar surface area (TPSA) is 69.6 Å². The molecule has 0 radical (unpaired) electrons. The van der Waals surface area contributed by atoms with Gasteiger partial charge < -0.3 is 15.5 Å². The molecule has 4 heteroatoms. The Kier molecular flexibility index (Phi) is 5.82. The number of carbonyl (C=O) groups is 1. The fourth-order valence-electron chi connectivity index (χ4n) is 1.75. The molecule has 0 fully saturated rings. The molecule has 0 aliphatic heterocycles. The average molecular weight is 251 g/mol. The molecule has 0 heterocycles. The Bertz CT molecular complexity index is 375. The first-order chi connectivity index (χ1) is 8.54. The van der Waals surface area contributed by atoms with Gasteiger partial charge in [0, 0.05) is 13.5 Å². The van der Waals surface area contributed by atoms with Gasteiger partial charge in [0.2, 0.25) is 5.91 Å². The van der Waals surface area contributed by atoms with E-state index in [0.29, 0.717) is 5.56 Å². The number of aryl methyl sites for hydroxylation is 1. The van der Waals surface area contributed by atoms with Gasteiger partial charge in [-0.15, -0.1) is 0 Å². The second-order valence-electron chi connectivity index (χ2n) is 4.44. The zero-order chi connectivity index (χ0) is 13.5. The summed E-state index contributed by atoms with van der Waals surface area (Å²) in [6, 6.07) is 7.53. The lowest BCUT2D eigenvalue weighted by atomic mass is 10.0. The van der Waals surface area contributed by atoms with E-state index in [1.54, 1.807) is 0 Å². The van der Waals surface area contributed by atoms with Crippen LogP contribution in [-0.2, 0) is 11.2 Å². The van der Waals surface area contributed by atoms with Crippen molar-refractivity contribution < 1.29 is 15.0 Å². The van der Waals surface area contributed by atoms with Gasteiger partial charge in [-0.2, -0.15) is 0 Å². The molecule has 0 spiro atoms. The van der Waals surface area contributed by atoms with Gasteiger partial charge in [-0.3, -0.25) is 4.79 Å². The van der Waals surface area contributed by atoms with Crippen LogP contribution in [-0.4, -0.2) is 28.8 Å². The predicted octanol–water partition coefficient (Wildman–Crippen LogP) is 1.17. The van der Waals surface area contributed by atoms with Crippen molar-refractivity contribution in [3.63, 3.8) is 0 Å². The fraction of sp³-hybridized carbons (Fsp3) is 0.500. The molecule has 0 bridgehead atoms. The lowest BCUT2D eigenvalue weighted by molar-refractivity contribution is -0.119. The van der Waals surface area contributed by atoms with Crippen LogP contribution in [0.25, 0.3) is 0 Å². The first-order valence-electron chi connectivity index (χ1n) is 6.24. The molecule has 1 amide bonds. The van der Waals surface area contributed by atoms with Crippen LogP contribution in [0, 0.1) is 0 Å². The molecule has 18 heavy (non-hydrogen) atoms. The molecular weight excluding hydrogens is 230 g/mol. The summed E-state index contributed by atoms with van der Waals surface area (Å²) in [6.07, 6.45) is 0.108. The van der Waals surface area contributed by atoms with E-state index >= 15 is 0 Å². The van der Waals surface area contributed by atoms with E-state index in [4.69, 9.17) is 0 Å². The summed E-state index contributed by atoms with van der Waals surface area (Å²) in [5.41, 5.74) is 1.87. The Hall–Kier alpha value is -1.39. The quantitative estimate of drug-likeness (QED) is 0.711. The number of aliphatic hydroxyl groups is 2. The van der Waals surface area contributed by atoms with Gasteiger partial charge in [0.15, 0.2) is 0 Å². The minimum Gasteiger partial charge on any atom is -0.388 e. The minimum absolute atomic E-state index is 0.0488.